The molecular formula is C34H33BrN2O6. The largest absolute Gasteiger partial charge is 0.493 e. The third-order valence-electron chi connectivity index (χ3n) is 6.13. The van der Waals surface area contributed by atoms with Crippen molar-refractivity contribution in [2.75, 3.05) is 31.0 Å². The van der Waals surface area contributed by atoms with Crippen molar-refractivity contribution >= 4 is 45.2 Å². The molecule has 4 rings (SSSR count). The van der Waals surface area contributed by atoms with E-state index in [1.807, 2.05) is 56.3 Å². The quantitative estimate of drug-likeness (QED) is 0.145. The number of benzene rings is 4. The van der Waals surface area contributed by atoms with E-state index in [2.05, 4.69) is 26.6 Å². The number of hydrogen-bond acceptors (Lipinski definition) is 6. The van der Waals surface area contributed by atoms with Gasteiger partial charge in [-0.15, -0.1) is 0 Å². The Morgan fingerprint density at radius 1 is 0.767 bits per heavy atom. The first-order valence-corrected chi connectivity index (χ1v) is 14.5. The fourth-order valence-corrected chi connectivity index (χ4v) is 4.72. The van der Waals surface area contributed by atoms with Gasteiger partial charge in [-0.1, -0.05) is 48.5 Å². The number of methoxy groups -OCH3 is 1. The van der Waals surface area contributed by atoms with E-state index in [1.54, 1.807) is 55.7 Å². The molecule has 0 heterocycles. The summed E-state index contributed by atoms with van der Waals surface area (Å²) < 4.78 is 23.8. The Morgan fingerprint density at radius 3 is 1.98 bits per heavy atom. The van der Waals surface area contributed by atoms with Crippen LogP contribution in [-0.4, -0.2) is 32.1 Å². The van der Waals surface area contributed by atoms with Crippen molar-refractivity contribution in [2.24, 2.45) is 0 Å². The molecule has 9 heteroatoms. The normalized spacial score (nSPS) is 10.7. The lowest BCUT2D eigenvalue weighted by atomic mass is 10.1. The molecule has 0 spiro atoms. The minimum atomic E-state index is -0.385. The first-order valence-electron chi connectivity index (χ1n) is 13.7. The topological polar surface area (TPSA) is 95.1 Å². The van der Waals surface area contributed by atoms with Crippen molar-refractivity contribution in [1.29, 1.82) is 0 Å². The second-order valence-electron chi connectivity index (χ2n) is 9.16. The van der Waals surface area contributed by atoms with Gasteiger partial charge in [-0.25, -0.2) is 0 Å². The molecule has 0 saturated heterocycles. The molecule has 0 aliphatic carbocycles. The van der Waals surface area contributed by atoms with Crippen LogP contribution in [0.5, 0.6) is 23.0 Å². The van der Waals surface area contributed by atoms with Crippen LogP contribution in [0.25, 0.3) is 6.08 Å². The second-order valence-corrected chi connectivity index (χ2v) is 10.0. The molecular weight excluding hydrogens is 612 g/mol. The van der Waals surface area contributed by atoms with E-state index in [4.69, 9.17) is 18.9 Å². The van der Waals surface area contributed by atoms with E-state index in [0.717, 1.165) is 11.1 Å². The summed E-state index contributed by atoms with van der Waals surface area (Å²) in [5.41, 5.74) is 3.09. The van der Waals surface area contributed by atoms with Crippen molar-refractivity contribution in [2.45, 2.75) is 20.5 Å². The highest BCUT2D eigenvalue weighted by Crippen LogP contribution is 2.39. The molecule has 222 valence electrons. The van der Waals surface area contributed by atoms with Gasteiger partial charge in [0.25, 0.3) is 5.91 Å². The van der Waals surface area contributed by atoms with Crippen LogP contribution in [0.3, 0.4) is 0 Å². The van der Waals surface area contributed by atoms with Crippen molar-refractivity contribution in [1.82, 2.24) is 0 Å². The number of carbonyl (C=O) groups is 2. The van der Waals surface area contributed by atoms with Crippen LogP contribution in [0.4, 0.5) is 11.4 Å². The number of amides is 2. The molecule has 4 aromatic carbocycles. The number of rotatable bonds is 13. The fourth-order valence-electron chi connectivity index (χ4n) is 4.14. The van der Waals surface area contributed by atoms with E-state index in [9.17, 15) is 9.59 Å². The van der Waals surface area contributed by atoms with Crippen LogP contribution in [0.2, 0.25) is 0 Å². The molecule has 0 aliphatic rings. The van der Waals surface area contributed by atoms with E-state index in [-0.39, 0.29) is 11.8 Å². The van der Waals surface area contributed by atoms with Gasteiger partial charge in [0.1, 0.15) is 18.1 Å². The molecule has 0 atom stereocenters. The molecule has 0 aliphatic heterocycles. The third-order valence-corrected chi connectivity index (χ3v) is 6.72. The number of ether oxygens (including phenoxy) is 4. The maximum atomic E-state index is 13.0. The minimum absolute atomic E-state index is 0.290. The minimum Gasteiger partial charge on any atom is -0.493 e. The highest BCUT2D eigenvalue weighted by atomic mass is 79.9. The van der Waals surface area contributed by atoms with Gasteiger partial charge in [0.15, 0.2) is 11.5 Å². The maximum absolute atomic E-state index is 13.0. The molecule has 0 fully saturated rings. The second kappa shape index (κ2) is 15.5. The Morgan fingerprint density at radius 2 is 1.37 bits per heavy atom. The van der Waals surface area contributed by atoms with Gasteiger partial charge in [0, 0.05) is 23.8 Å². The van der Waals surface area contributed by atoms with Crippen molar-refractivity contribution < 1.29 is 28.5 Å². The highest BCUT2D eigenvalue weighted by molar-refractivity contribution is 9.10. The maximum Gasteiger partial charge on any atom is 0.255 e. The summed E-state index contributed by atoms with van der Waals surface area (Å²) in [4.78, 5) is 25.8. The summed E-state index contributed by atoms with van der Waals surface area (Å²) in [5.74, 6) is 1.20. The van der Waals surface area contributed by atoms with Crippen LogP contribution in [0, 0.1) is 0 Å². The highest BCUT2D eigenvalue weighted by Gasteiger charge is 2.17. The smallest absolute Gasteiger partial charge is 0.255 e. The lowest BCUT2D eigenvalue weighted by Gasteiger charge is -2.17. The average molecular weight is 646 g/mol. The number of hydrogen-bond donors (Lipinski definition) is 2. The van der Waals surface area contributed by atoms with Crippen molar-refractivity contribution in [3.8, 4) is 23.0 Å². The van der Waals surface area contributed by atoms with E-state index in [1.165, 1.54) is 6.08 Å². The number of carbonyl (C=O) groups excluding carboxylic acids is 2. The van der Waals surface area contributed by atoms with E-state index < -0.39 is 0 Å². The van der Waals surface area contributed by atoms with Crippen LogP contribution >= 0.6 is 15.9 Å². The van der Waals surface area contributed by atoms with Crippen LogP contribution < -0.4 is 29.6 Å². The molecule has 0 saturated carbocycles. The monoisotopic (exact) mass is 644 g/mol. The average Bonchev–Trinajstić information content (AvgIpc) is 3.02. The summed E-state index contributed by atoms with van der Waals surface area (Å²) in [6, 6.07) is 25.6. The standard InChI is InChI=1S/C34H33BrN2O6/c1-4-41-29-21-28(37-34(39)25-14-10-7-11-15-25)30(42-5-2)20-27(29)36-32(38)17-16-24-18-26(35)33(31(19-24)40-3)43-22-23-12-8-6-9-13-23/h6-21H,4-5,22H2,1-3H3,(H,36,38)(H,37,39)/b17-16+. The molecule has 2 N–H and O–H groups in total. The Bertz CT molecular complexity index is 1580. The Hall–Kier alpha value is -4.76. The summed E-state index contributed by atoms with van der Waals surface area (Å²) >= 11 is 3.56. The van der Waals surface area contributed by atoms with Gasteiger partial charge in [-0.05, 0) is 71.2 Å². The SMILES string of the molecule is CCOc1cc(NC(=O)c2ccccc2)c(OCC)cc1NC(=O)/C=C/c1cc(Br)c(OCc2ccccc2)c(OC)c1. The molecule has 8 nitrogen and oxygen atoms in total. The zero-order valence-corrected chi connectivity index (χ0v) is 25.8. The zero-order chi connectivity index (χ0) is 30.6. The molecule has 43 heavy (non-hydrogen) atoms. The van der Waals surface area contributed by atoms with Gasteiger partial charge >= 0.3 is 0 Å². The molecule has 0 radical (unpaired) electrons. The van der Waals surface area contributed by atoms with Crippen molar-refractivity contribution in [3.63, 3.8) is 0 Å². The van der Waals surface area contributed by atoms with Crippen LogP contribution in [-0.2, 0) is 11.4 Å². The first-order chi connectivity index (χ1) is 20.9. The van der Waals surface area contributed by atoms with Gasteiger partial charge in [-0.3, -0.25) is 9.59 Å². The van der Waals surface area contributed by atoms with Gasteiger partial charge < -0.3 is 29.6 Å². The molecule has 0 aromatic heterocycles. The Balaban J connectivity index is 1.51. The summed E-state index contributed by atoms with van der Waals surface area (Å²) in [6.45, 7) is 4.77. The lowest BCUT2D eigenvalue weighted by Crippen LogP contribution is -2.14. The number of anilines is 2. The van der Waals surface area contributed by atoms with E-state index in [0.29, 0.717) is 64.2 Å². The Kier molecular flexibility index (Phi) is 11.2. The predicted molar refractivity (Wildman–Crippen MR) is 172 cm³/mol. The van der Waals surface area contributed by atoms with Gasteiger partial charge in [-0.2, -0.15) is 0 Å². The summed E-state index contributed by atoms with van der Waals surface area (Å²) in [6.07, 6.45) is 3.08. The molecule has 0 bridgehead atoms. The van der Waals surface area contributed by atoms with Crippen LogP contribution in [0.1, 0.15) is 35.3 Å². The number of halogens is 1. The molecule has 4 aromatic rings. The zero-order valence-electron chi connectivity index (χ0n) is 24.2. The predicted octanol–water partition coefficient (Wildman–Crippen LogP) is 7.74. The number of nitrogens with one attached hydrogen (secondary N) is 2. The fraction of sp³-hybridized carbons (Fsp3) is 0.176. The first kappa shape index (κ1) is 31.2. The van der Waals surface area contributed by atoms with Gasteiger partial charge in [0.2, 0.25) is 5.91 Å². The van der Waals surface area contributed by atoms with Crippen molar-refractivity contribution in [3.05, 3.63) is 112 Å². The third kappa shape index (κ3) is 8.62. The summed E-state index contributed by atoms with van der Waals surface area (Å²) in [7, 11) is 1.56. The van der Waals surface area contributed by atoms with Crippen LogP contribution in [0.15, 0.2) is 95.5 Å². The molecule has 2 amide bonds. The summed E-state index contributed by atoms with van der Waals surface area (Å²) in [5, 5.41) is 5.74. The molecule has 0 unspecified atom stereocenters. The Labute approximate surface area is 259 Å². The van der Waals surface area contributed by atoms with E-state index >= 15 is 0 Å². The lowest BCUT2D eigenvalue weighted by molar-refractivity contribution is -0.111. The van der Waals surface area contributed by atoms with Gasteiger partial charge in [0.05, 0.1) is 36.2 Å².